The number of hydrogen-bond acceptors (Lipinski definition) is 5. The van der Waals surface area contributed by atoms with Crippen molar-refractivity contribution in [3.63, 3.8) is 0 Å². The molecule has 0 aromatic heterocycles. The number of sulfonamides is 1. The van der Waals surface area contributed by atoms with Crippen LogP contribution in [0.5, 0.6) is 5.75 Å². The van der Waals surface area contributed by atoms with Gasteiger partial charge in [-0.25, -0.2) is 8.42 Å². The fourth-order valence-electron chi connectivity index (χ4n) is 4.01. The molecular formula is C27H37Cl2N3O5S. The Labute approximate surface area is 236 Å². The van der Waals surface area contributed by atoms with E-state index in [2.05, 4.69) is 5.32 Å². The summed E-state index contributed by atoms with van der Waals surface area (Å²) in [6.45, 7) is 6.40. The predicted octanol–water partition coefficient (Wildman–Crippen LogP) is 5.13. The maximum absolute atomic E-state index is 13.6. The largest absolute Gasteiger partial charge is 0.495 e. The highest BCUT2D eigenvalue weighted by atomic mass is 35.5. The number of hydrogen-bond donors (Lipinski definition) is 1. The lowest BCUT2D eigenvalue weighted by molar-refractivity contribution is -0.141. The third-order valence-corrected chi connectivity index (χ3v) is 7.85. The van der Waals surface area contributed by atoms with E-state index >= 15 is 0 Å². The van der Waals surface area contributed by atoms with Crippen LogP contribution in [0.4, 0.5) is 5.69 Å². The van der Waals surface area contributed by atoms with Crippen molar-refractivity contribution in [2.45, 2.75) is 52.6 Å². The number of methoxy groups -OCH3 is 1. The molecular weight excluding hydrogens is 549 g/mol. The Morgan fingerprint density at radius 2 is 1.68 bits per heavy atom. The van der Waals surface area contributed by atoms with Crippen LogP contribution in [0.2, 0.25) is 10.0 Å². The molecule has 0 spiro atoms. The van der Waals surface area contributed by atoms with Gasteiger partial charge in [-0.3, -0.25) is 13.9 Å². The molecule has 0 aliphatic heterocycles. The van der Waals surface area contributed by atoms with Crippen LogP contribution < -0.4 is 14.4 Å². The summed E-state index contributed by atoms with van der Waals surface area (Å²) >= 11 is 12.8. The van der Waals surface area contributed by atoms with Crippen LogP contribution in [0.25, 0.3) is 0 Å². The van der Waals surface area contributed by atoms with Crippen LogP contribution in [-0.2, 0) is 26.2 Å². The summed E-state index contributed by atoms with van der Waals surface area (Å²) in [5, 5.41) is 3.70. The molecule has 2 aromatic rings. The van der Waals surface area contributed by atoms with E-state index in [0.717, 1.165) is 6.26 Å². The van der Waals surface area contributed by atoms with Gasteiger partial charge in [-0.2, -0.15) is 0 Å². The molecule has 0 heterocycles. The summed E-state index contributed by atoms with van der Waals surface area (Å²) in [5.74, 6) is 0.0909. The van der Waals surface area contributed by atoms with Gasteiger partial charge in [-0.15, -0.1) is 0 Å². The molecule has 1 atom stereocenters. The average molecular weight is 587 g/mol. The second-order valence-corrected chi connectivity index (χ2v) is 12.1. The summed E-state index contributed by atoms with van der Waals surface area (Å²) in [5.41, 5.74) is 0.940. The number of benzene rings is 2. The molecule has 0 fully saturated rings. The van der Waals surface area contributed by atoms with E-state index in [1.807, 2.05) is 20.8 Å². The molecule has 210 valence electrons. The Kier molecular flexibility index (Phi) is 12.2. The number of anilines is 1. The van der Waals surface area contributed by atoms with Crippen molar-refractivity contribution in [2.75, 3.05) is 30.8 Å². The zero-order chi connectivity index (χ0) is 28.5. The van der Waals surface area contributed by atoms with Gasteiger partial charge in [0, 0.05) is 41.7 Å². The number of carbonyl (C=O) groups excluding carboxylic acids is 2. The van der Waals surface area contributed by atoms with E-state index in [-0.39, 0.29) is 43.7 Å². The normalized spacial score (nSPS) is 12.2. The van der Waals surface area contributed by atoms with Crippen LogP contribution in [0, 0.1) is 5.92 Å². The van der Waals surface area contributed by atoms with Gasteiger partial charge in [0.2, 0.25) is 21.8 Å². The molecule has 0 unspecified atom stereocenters. The first-order valence-electron chi connectivity index (χ1n) is 12.5. The average Bonchev–Trinajstić information content (AvgIpc) is 2.86. The van der Waals surface area contributed by atoms with E-state index < -0.39 is 16.1 Å². The smallest absolute Gasteiger partial charge is 0.242 e. The Morgan fingerprint density at radius 1 is 1.05 bits per heavy atom. The summed E-state index contributed by atoms with van der Waals surface area (Å²) in [6.07, 6.45) is 1.73. The van der Waals surface area contributed by atoms with Crippen molar-refractivity contribution in [2.24, 2.45) is 5.92 Å². The van der Waals surface area contributed by atoms with Crippen LogP contribution in [0.1, 0.15) is 45.6 Å². The molecule has 1 N–H and O–H groups in total. The molecule has 0 aliphatic carbocycles. The fourth-order valence-corrected chi connectivity index (χ4v) is 5.50. The lowest BCUT2D eigenvalue weighted by Gasteiger charge is -2.32. The molecule has 2 amide bonds. The third-order valence-electron chi connectivity index (χ3n) is 5.97. The van der Waals surface area contributed by atoms with Gasteiger partial charge < -0.3 is 15.0 Å². The Balaban J connectivity index is 2.29. The first kappa shape index (κ1) is 31.7. The van der Waals surface area contributed by atoms with Crippen molar-refractivity contribution in [1.29, 1.82) is 0 Å². The molecule has 0 saturated carbocycles. The Hall–Kier alpha value is -2.49. The lowest BCUT2D eigenvalue weighted by Crippen LogP contribution is -2.49. The van der Waals surface area contributed by atoms with Crippen LogP contribution in [-0.4, -0.2) is 57.6 Å². The zero-order valence-corrected chi connectivity index (χ0v) is 24.9. The van der Waals surface area contributed by atoms with Crippen molar-refractivity contribution < 1.29 is 22.7 Å². The molecule has 0 aliphatic rings. The molecule has 0 radical (unpaired) electrons. The first-order chi connectivity index (χ1) is 17.9. The van der Waals surface area contributed by atoms with Crippen molar-refractivity contribution >= 4 is 50.7 Å². The molecule has 2 rings (SSSR count). The molecule has 2 aromatic carbocycles. The minimum absolute atomic E-state index is 0.0111. The van der Waals surface area contributed by atoms with Crippen molar-refractivity contribution in [3.8, 4) is 5.75 Å². The first-order valence-corrected chi connectivity index (χ1v) is 15.1. The second-order valence-electron chi connectivity index (χ2n) is 9.40. The van der Waals surface area contributed by atoms with E-state index in [0.29, 0.717) is 40.0 Å². The van der Waals surface area contributed by atoms with E-state index in [1.165, 1.54) is 16.3 Å². The summed E-state index contributed by atoms with van der Waals surface area (Å²) in [6, 6.07) is 11.1. The summed E-state index contributed by atoms with van der Waals surface area (Å²) < 4.78 is 31.7. The van der Waals surface area contributed by atoms with Crippen LogP contribution in [0.3, 0.4) is 0 Å². The quantitative estimate of drug-likeness (QED) is 0.331. The molecule has 38 heavy (non-hydrogen) atoms. The van der Waals surface area contributed by atoms with E-state index in [4.69, 9.17) is 27.9 Å². The highest BCUT2D eigenvalue weighted by Crippen LogP contribution is 2.30. The fraction of sp³-hybridized carbons (Fsp3) is 0.481. The summed E-state index contributed by atoms with van der Waals surface area (Å²) in [7, 11) is -2.18. The maximum atomic E-state index is 13.6. The topological polar surface area (TPSA) is 96.0 Å². The van der Waals surface area contributed by atoms with Crippen LogP contribution >= 0.6 is 23.2 Å². The predicted molar refractivity (Wildman–Crippen MR) is 153 cm³/mol. The van der Waals surface area contributed by atoms with Crippen molar-refractivity contribution in [3.05, 3.63) is 58.1 Å². The minimum atomic E-state index is -3.65. The zero-order valence-electron chi connectivity index (χ0n) is 22.5. The Bertz CT molecular complexity index is 1190. The van der Waals surface area contributed by atoms with Gasteiger partial charge in [-0.1, -0.05) is 62.2 Å². The molecule has 11 heteroatoms. The van der Waals surface area contributed by atoms with Gasteiger partial charge in [-0.05, 0) is 43.0 Å². The molecule has 0 bridgehead atoms. The van der Waals surface area contributed by atoms with Crippen LogP contribution in [0.15, 0.2) is 42.5 Å². The number of carbonyl (C=O) groups is 2. The SMILES string of the molecule is CC[C@H](C(=O)NCC(C)C)N(Cc1c(Cl)cccc1Cl)C(=O)CCCN(c1ccccc1OC)S(C)(=O)=O. The monoisotopic (exact) mass is 585 g/mol. The number of nitrogens with zero attached hydrogens (tertiary/aromatic N) is 2. The number of ether oxygens (including phenoxy) is 1. The van der Waals surface area contributed by atoms with Gasteiger partial charge in [0.25, 0.3) is 0 Å². The minimum Gasteiger partial charge on any atom is -0.495 e. The number of rotatable bonds is 14. The highest BCUT2D eigenvalue weighted by Gasteiger charge is 2.30. The van der Waals surface area contributed by atoms with Gasteiger partial charge in [0.1, 0.15) is 11.8 Å². The Morgan fingerprint density at radius 3 is 2.24 bits per heavy atom. The molecule has 8 nitrogen and oxygen atoms in total. The second kappa shape index (κ2) is 14.6. The highest BCUT2D eigenvalue weighted by molar-refractivity contribution is 7.92. The third kappa shape index (κ3) is 8.78. The standard InChI is InChI=1S/C27H37Cl2N3O5S/c1-6-23(27(34)30-17-19(2)3)31(18-20-21(28)11-9-12-22(20)29)26(33)15-10-16-32(38(5,35)36)24-13-7-8-14-25(24)37-4/h7-9,11-14,19,23H,6,10,15-18H2,1-5H3,(H,30,34)/t23-/m1/s1. The number of halogens is 2. The summed E-state index contributed by atoms with van der Waals surface area (Å²) in [4.78, 5) is 28.1. The maximum Gasteiger partial charge on any atom is 0.242 e. The van der Waals surface area contributed by atoms with E-state index in [1.54, 1.807) is 42.5 Å². The van der Waals surface area contributed by atoms with Gasteiger partial charge >= 0.3 is 0 Å². The number of amides is 2. The number of para-hydroxylation sites is 2. The lowest BCUT2D eigenvalue weighted by atomic mass is 10.1. The van der Waals surface area contributed by atoms with Gasteiger partial charge in [0.05, 0.1) is 19.1 Å². The van der Waals surface area contributed by atoms with Gasteiger partial charge in [0.15, 0.2) is 0 Å². The van der Waals surface area contributed by atoms with E-state index in [9.17, 15) is 18.0 Å². The van der Waals surface area contributed by atoms with Crippen molar-refractivity contribution in [1.82, 2.24) is 10.2 Å². The molecule has 0 saturated heterocycles. The number of nitrogens with one attached hydrogen (secondary N) is 1.